The van der Waals surface area contributed by atoms with E-state index in [-0.39, 0.29) is 6.04 Å². The number of halogens is 2. The zero-order chi connectivity index (χ0) is 21.4. The molecule has 1 amide bonds. The molecule has 1 aromatic carbocycles. The standard InChI is InChI=1S/C20H31F2N5O2/c1-5-23-18(24-9-10-25-19(28)29-20(2,3)4)26-15-8-11-27(13-15)17-7-6-14(21)12-16(17)22/h6-7,12,15H,5,8-11,13H2,1-4H3,(H,25,28)(H2,23,24,26). The summed E-state index contributed by atoms with van der Waals surface area (Å²) in [7, 11) is 0. The Hall–Kier alpha value is -2.58. The van der Waals surface area contributed by atoms with Crippen molar-refractivity contribution in [2.24, 2.45) is 4.99 Å². The Morgan fingerprint density at radius 3 is 2.72 bits per heavy atom. The van der Waals surface area contributed by atoms with Gasteiger partial charge in [0.25, 0.3) is 0 Å². The minimum atomic E-state index is -0.582. The smallest absolute Gasteiger partial charge is 0.407 e. The molecule has 1 unspecified atom stereocenters. The highest BCUT2D eigenvalue weighted by atomic mass is 19.1. The maximum Gasteiger partial charge on any atom is 0.407 e. The molecule has 7 nitrogen and oxygen atoms in total. The van der Waals surface area contributed by atoms with Crippen molar-refractivity contribution in [1.82, 2.24) is 16.0 Å². The minimum absolute atomic E-state index is 0.0797. The molecule has 9 heteroatoms. The van der Waals surface area contributed by atoms with Crippen LogP contribution < -0.4 is 20.9 Å². The number of amides is 1. The predicted molar refractivity (Wildman–Crippen MR) is 110 cm³/mol. The van der Waals surface area contributed by atoms with Crippen molar-refractivity contribution in [1.29, 1.82) is 0 Å². The number of carbonyl (C=O) groups is 1. The first kappa shape index (κ1) is 22.7. The highest BCUT2D eigenvalue weighted by Crippen LogP contribution is 2.24. The van der Waals surface area contributed by atoms with E-state index in [0.29, 0.717) is 44.4 Å². The van der Waals surface area contributed by atoms with Gasteiger partial charge in [-0.2, -0.15) is 0 Å². The van der Waals surface area contributed by atoms with Gasteiger partial charge < -0.3 is 25.6 Å². The lowest BCUT2D eigenvalue weighted by Crippen LogP contribution is -2.45. The number of carbonyl (C=O) groups excluding carboxylic acids is 1. The summed E-state index contributed by atoms with van der Waals surface area (Å²) in [5.41, 5.74) is -0.137. The zero-order valence-electron chi connectivity index (χ0n) is 17.5. The van der Waals surface area contributed by atoms with E-state index in [1.165, 1.54) is 12.1 Å². The number of hydrogen-bond acceptors (Lipinski definition) is 4. The molecule has 1 atom stereocenters. The van der Waals surface area contributed by atoms with Gasteiger partial charge >= 0.3 is 6.09 Å². The Morgan fingerprint density at radius 2 is 2.07 bits per heavy atom. The molecule has 1 aromatic rings. The van der Waals surface area contributed by atoms with Crippen molar-refractivity contribution in [2.75, 3.05) is 37.6 Å². The van der Waals surface area contributed by atoms with Crippen LogP contribution in [0.2, 0.25) is 0 Å². The first-order valence-electron chi connectivity index (χ1n) is 9.89. The van der Waals surface area contributed by atoms with E-state index in [4.69, 9.17) is 4.74 Å². The molecule has 1 aliphatic rings. The molecule has 1 fully saturated rings. The largest absolute Gasteiger partial charge is 0.444 e. The lowest BCUT2D eigenvalue weighted by atomic mass is 10.2. The number of alkyl carbamates (subject to hydrolysis) is 1. The van der Waals surface area contributed by atoms with Crippen LogP contribution in [0.3, 0.4) is 0 Å². The number of benzene rings is 1. The fourth-order valence-electron chi connectivity index (χ4n) is 2.99. The zero-order valence-corrected chi connectivity index (χ0v) is 17.5. The quantitative estimate of drug-likeness (QED) is 0.381. The third-order valence-electron chi connectivity index (χ3n) is 4.17. The van der Waals surface area contributed by atoms with Crippen LogP contribution in [0.15, 0.2) is 23.2 Å². The van der Waals surface area contributed by atoms with Gasteiger partial charge in [0.15, 0.2) is 5.96 Å². The van der Waals surface area contributed by atoms with Crippen LogP contribution in [0.1, 0.15) is 34.1 Å². The molecular weight excluding hydrogens is 380 g/mol. The van der Waals surface area contributed by atoms with Crippen LogP contribution in [-0.4, -0.2) is 56.4 Å². The number of anilines is 1. The lowest BCUT2D eigenvalue weighted by Gasteiger charge is -2.21. The van der Waals surface area contributed by atoms with Crippen LogP contribution in [0.5, 0.6) is 0 Å². The van der Waals surface area contributed by atoms with Gasteiger partial charge in [0.1, 0.15) is 17.2 Å². The van der Waals surface area contributed by atoms with Gasteiger partial charge in [-0.05, 0) is 46.2 Å². The number of ether oxygens (including phenoxy) is 1. The van der Waals surface area contributed by atoms with E-state index in [0.717, 1.165) is 12.5 Å². The van der Waals surface area contributed by atoms with Gasteiger partial charge in [-0.15, -0.1) is 0 Å². The number of nitrogens with one attached hydrogen (secondary N) is 3. The summed E-state index contributed by atoms with van der Waals surface area (Å²) in [4.78, 5) is 18.0. The van der Waals surface area contributed by atoms with Crippen molar-refractivity contribution in [3.63, 3.8) is 0 Å². The van der Waals surface area contributed by atoms with E-state index in [9.17, 15) is 13.6 Å². The highest BCUT2D eigenvalue weighted by molar-refractivity contribution is 5.80. The van der Waals surface area contributed by atoms with E-state index >= 15 is 0 Å². The van der Waals surface area contributed by atoms with Crippen molar-refractivity contribution >= 4 is 17.7 Å². The molecule has 3 N–H and O–H groups in total. The molecule has 2 rings (SSSR count). The van der Waals surface area contributed by atoms with Gasteiger partial charge in [-0.25, -0.2) is 13.6 Å². The van der Waals surface area contributed by atoms with Crippen LogP contribution in [0.25, 0.3) is 0 Å². The molecule has 0 aromatic heterocycles. The molecule has 1 saturated heterocycles. The van der Waals surface area contributed by atoms with Crippen molar-refractivity contribution in [3.8, 4) is 0 Å². The first-order chi connectivity index (χ1) is 13.7. The van der Waals surface area contributed by atoms with Gasteiger partial charge in [-0.3, -0.25) is 4.99 Å². The molecule has 0 radical (unpaired) electrons. The predicted octanol–water partition coefficient (Wildman–Crippen LogP) is 2.62. The van der Waals surface area contributed by atoms with E-state index in [1.807, 2.05) is 11.8 Å². The second-order valence-electron chi connectivity index (χ2n) is 7.86. The van der Waals surface area contributed by atoms with E-state index in [2.05, 4.69) is 20.9 Å². The summed E-state index contributed by atoms with van der Waals surface area (Å²) in [5.74, 6) is -0.508. The first-order valence-corrected chi connectivity index (χ1v) is 9.89. The molecular formula is C20H31F2N5O2. The third-order valence-corrected chi connectivity index (χ3v) is 4.17. The summed E-state index contributed by atoms with van der Waals surface area (Å²) in [6.45, 7) is 10.1. The summed E-state index contributed by atoms with van der Waals surface area (Å²) < 4.78 is 32.3. The summed E-state index contributed by atoms with van der Waals surface area (Å²) in [6, 6.07) is 3.71. The topological polar surface area (TPSA) is 78.0 Å². The lowest BCUT2D eigenvalue weighted by molar-refractivity contribution is 0.0529. The maximum absolute atomic E-state index is 14.0. The van der Waals surface area contributed by atoms with Crippen molar-refractivity contribution in [2.45, 2.75) is 45.8 Å². The average Bonchev–Trinajstić information content (AvgIpc) is 3.05. The number of rotatable bonds is 6. The molecule has 1 heterocycles. The fraction of sp³-hybridized carbons (Fsp3) is 0.600. The van der Waals surface area contributed by atoms with E-state index in [1.54, 1.807) is 20.8 Å². The molecule has 162 valence electrons. The summed E-state index contributed by atoms with van der Waals surface area (Å²) >= 11 is 0. The molecule has 0 bridgehead atoms. The van der Waals surface area contributed by atoms with Gasteiger partial charge in [0, 0.05) is 38.3 Å². The fourth-order valence-corrected chi connectivity index (χ4v) is 2.99. The number of nitrogens with zero attached hydrogens (tertiary/aromatic N) is 2. The SMILES string of the molecule is CCNC(=NCCNC(=O)OC(C)(C)C)NC1CCN(c2ccc(F)cc2F)C1. The Labute approximate surface area is 170 Å². The third kappa shape index (κ3) is 7.75. The van der Waals surface area contributed by atoms with Crippen LogP contribution >= 0.6 is 0 Å². The van der Waals surface area contributed by atoms with Crippen LogP contribution in [-0.2, 0) is 4.74 Å². The Kier molecular flexibility index (Phi) is 8.04. The Bertz CT molecular complexity index is 721. The second kappa shape index (κ2) is 10.3. The van der Waals surface area contributed by atoms with Crippen molar-refractivity contribution in [3.05, 3.63) is 29.8 Å². The van der Waals surface area contributed by atoms with Gasteiger partial charge in [0.2, 0.25) is 0 Å². The molecule has 0 aliphatic carbocycles. The van der Waals surface area contributed by atoms with Crippen LogP contribution in [0, 0.1) is 11.6 Å². The summed E-state index contributed by atoms with van der Waals surface area (Å²) in [5, 5.41) is 9.16. The normalized spacial score (nSPS) is 17.2. The maximum atomic E-state index is 14.0. The second-order valence-corrected chi connectivity index (χ2v) is 7.86. The number of hydrogen-bond donors (Lipinski definition) is 3. The van der Waals surface area contributed by atoms with Crippen molar-refractivity contribution < 1.29 is 18.3 Å². The Morgan fingerprint density at radius 1 is 1.31 bits per heavy atom. The Balaban J connectivity index is 1.84. The molecule has 29 heavy (non-hydrogen) atoms. The van der Waals surface area contributed by atoms with Gasteiger partial charge in [0.05, 0.1) is 12.2 Å². The number of aliphatic imine (C=N–C) groups is 1. The molecule has 0 saturated carbocycles. The van der Waals surface area contributed by atoms with Gasteiger partial charge in [-0.1, -0.05) is 0 Å². The number of guanidine groups is 1. The molecule has 0 spiro atoms. The van der Waals surface area contributed by atoms with E-state index < -0.39 is 23.3 Å². The minimum Gasteiger partial charge on any atom is -0.444 e. The monoisotopic (exact) mass is 411 g/mol. The highest BCUT2D eigenvalue weighted by Gasteiger charge is 2.25. The summed E-state index contributed by atoms with van der Waals surface area (Å²) in [6.07, 6.45) is 0.329. The average molecular weight is 411 g/mol. The van der Waals surface area contributed by atoms with Crippen LogP contribution in [0.4, 0.5) is 19.3 Å². The molecule has 1 aliphatic heterocycles.